The lowest BCUT2D eigenvalue weighted by Gasteiger charge is -2.11. The molecule has 2 aromatic carbocycles. The summed E-state index contributed by atoms with van der Waals surface area (Å²) in [5.74, 6) is 1.46. The van der Waals surface area contributed by atoms with Gasteiger partial charge in [0.05, 0.1) is 5.69 Å². The number of nitrogens with zero attached hydrogens (tertiary/aromatic N) is 1. The van der Waals surface area contributed by atoms with Gasteiger partial charge in [-0.15, -0.1) is 0 Å². The monoisotopic (exact) mass is 279 g/mol. The van der Waals surface area contributed by atoms with E-state index in [0.29, 0.717) is 5.75 Å². The van der Waals surface area contributed by atoms with Crippen molar-refractivity contribution < 1.29 is 9.47 Å². The van der Waals surface area contributed by atoms with Crippen molar-refractivity contribution in [2.45, 2.75) is 0 Å². The van der Waals surface area contributed by atoms with Crippen LogP contribution in [0, 0.1) is 0 Å². The molecule has 104 valence electrons. The number of pyridine rings is 1. The molecule has 0 saturated carbocycles. The lowest BCUT2D eigenvalue weighted by atomic mass is 10.1. The highest BCUT2D eigenvalue weighted by Gasteiger charge is 2.15. The van der Waals surface area contributed by atoms with Gasteiger partial charge in [-0.1, -0.05) is 18.2 Å². The van der Waals surface area contributed by atoms with E-state index in [1.807, 2.05) is 48.5 Å². The fourth-order valence-electron chi connectivity index (χ4n) is 2.68. The summed E-state index contributed by atoms with van der Waals surface area (Å²) >= 11 is 0. The van der Waals surface area contributed by atoms with Crippen LogP contribution in [-0.2, 0) is 7.05 Å². The van der Waals surface area contributed by atoms with Gasteiger partial charge in [-0.05, 0) is 35.7 Å². The lowest BCUT2D eigenvalue weighted by molar-refractivity contribution is 0.174. The Hall–Kier alpha value is -2.75. The van der Waals surface area contributed by atoms with Crippen molar-refractivity contribution in [3.8, 4) is 22.8 Å². The number of hydrogen-bond donors (Lipinski definition) is 0. The Kier molecular flexibility index (Phi) is 2.51. The average molecular weight is 279 g/mol. The first kappa shape index (κ1) is 12.0. The Morgan fingerprint density at radius 3 is 2.71 bits per heavy atom. The van der Waals surface area contributed by atoms with Crippen LogP contribution in [0.15, 0.2) is 53.3 Å². The van der Waals surface area contributed by atoms with Crippen molar-refractivity contribution in [1.82, 2.24) is 4.57 Å². The molecule has 3 aromatic rings. The van der Waals surface area contributed by atoms with Crippen molar-refractivity contribution in [2.24, 2.45) is 7.05 Å². The van der Waals surface area contributed by atoms with E-state index in [1.54, 1.807) is 11.6 Å². The molecular formula is C17H13NO3. The summed E-state index contributed by atoms with van der Waals surface area (Å²) in [6.07, 6.45) is 0. The fourth-order valence-corrected chi connectivity index (χ4v) is 2.68. The van der Waals surface area contributed by atoms with E-state index in [1.165, 1.54) is 0 Å². The van der Waals surface area contributed by atoms with E-state index in [9.17, 15) is 4.79 Å². The lowest BCUT2D eigenvalue weighted by Crippen LogP contribution is -2.18. The van der Waals surface area contributed by atoms with Crippen LogP contribution in [0.25, 0.3) is 22.0 Å². The molecule has 4 heteroatoms. The highest BCUT2D eigenvalue weighted by Crippen LogP contribution is 2.35. The molecule has 21 heavy (non-hydrogen) atoms. The number of aromatic nitrogens is 1. The average Bonchev–Trinajstić information content (AvgIpc) is 2.98. The zero-order chi connectivity index (χ0) is 14.4. The second kappa shape index (κ2) is 4.38. The first-order valence-electron chi connectivity index (χ1n) is 6.73. The van der Waals surface area contributed by atoms with E-state index >= 15 is 0 Å². The number of ether oxygens (including phenoxy) is 2. The van der Waals surface area contributed by atoms with Crippen LogP contribution in [0.1, 0.15) is 0 Å². The van der Waals surface area contributed by atoms with Crippen LogP contribution in [-0.4, -0.2) is 11.4 Å². The zero-order valence-electron chi connectivity index (χ0n) is 11.5. The summed E-state index contributed by atoms with van der Waals surface area (Å²) in [6.45, 7) is 0.245. The van der Waals surface area contributed by atoms with Crippen LogP contribution in [0.3, 0.4) is 0 Å². The van der Waals surface area contributed by atoms with Gasteiger partial charge in [-0.2, -0.15) is 0 Å². The second-order valence-corrected chi connectivity index (χ2v) is 5.05. The van der Waals surface area contributed by atoms with E-state index in [0.717, 1.165) is 27.8 Å². The highest BCUT2D eigenvalue weighted by molar-refractivity contribution is 5.85. The molecule has 1 aliphatic heterocycles. The normalized spacial score (nSPS) is 12.8. The van der Waals surface area contributed by atoms with Crippen LogP contribution in [0.4, 0.5) is 0 Å². The van der Waals surface area contributed by atoms with Gasteiger partial charge < -0.3 is 14.0 Å². The maximum absolute atomic E-state index is 12.5. The minimum Gasteiger partial charge on any atom is -0.454 e. The number of benzene rings is 2. The Morgan fingerprint density at radius 1 is 1.00 bits per heavy atom. The number of fused-ring (bicyclic) bond motifs is 2. The van der Waals surface area contributed by atoms with Gasteiger partial charge in [-0.25, -0.2) is 0 Å². The first-order valence-corrected chi connectivity index (χ1v) is 6.73. The third-order valence-electron chi connectivity index (χ3n) is 3.82. The molecule has 0 N–H and O–H groups in total. The van der Waals surface area contributed by atoms with Gasteiger partial charge in [-0.3, -0.25) is 4.79 Å². The van der Waals surface area contributed by atoms with Gasteiger partial charge in [0.25, 0.3) is 5.56 Å². The fraction of sp³-hybridized carbons (Fsp3) is 0.118. The zero-order valence-corrected chi connectivity index (χ0v) is 11.5. The minimum atomic E-state index is 0.000710. The van der Waals surface area contributed by atoms with Crippen LogP contribution in [0.2, 0.25) is 0 Å². The van der Waals surface area contributed by atoms with Gasteiger partial charge >= 0.3 is 0 Å². The molecule has 0 fully saturated rings. The van der Waals surface area contributed by atoms with Crippen molar-refractivity contribution in [1.29, 1.82) is 0 Å². The van der Waals surface area contributed by atoms with Crippen LogP contribution >= 0.6 is 0 Å². The molecule has 4 rings (SSSR count). The van der Waals surface area contributed by atoms with E-state index < -0.39 is 0 Å². The highest BCUT2D eigenvalue weighted by atomic mass is 16.7. The molecule has 0 aliphatic carbocycles. The number of rotatable bonds is 1. The van der Waals surface area contributed by atoms with Gasteiger partial charge in [0.1, 0.15) is 0 Å². The molecule has 0 bridgehead atoms. The Morgan fingerprint density at radius 2 is 1.81 bits per heavy atom. The van der Waals surface area contributed by atoms with Crippen molar-refractivity contribution in [3.05, 3.63) is 58.9 Å². The molecule has 0 saturated heterocycles. The van der Waals surface area contributed by atoms with Crippen LogP contribution < -0.4 is 15.0 Å². The number of hydrogen-bond acceptors (Lipinski definition) is 3. The molecule has 0 amide bonds. The predicted octanol–water partition coefficient (Wildman–Crippen LogP) is 2.93. The molecule has 1 aliphatic rings. The smallest absolute Gasteiger partial charge is 0.258 e. The maximum atomic E-state index is 12.5. The minimum absolute atomic E-state index is 0.000710. The van der Waals surface area contributed by atoms with E-state index in [4.69, 9.17) is 9.47 Å². The van der Waals surface area contributed by atoms with Crippen molar-refractivity contribution in [2.75, 3.05) is 6.79 Å². The largest absolute Gasteiger partial charge is 0.454 e. The summed E-state index contributed by atoms with van der Waals surface area (Å²) in [5, 5.41) is 1.66. The molecule has 0 radical (unpaired) electrons. The van der Waals surface area contributed by atoms with Gasteiger partial charge in [0, 0.05) is 18.0 Å². The topological polar surface area (TPSA) is 40.5 Å². The first-order chi connectivity index (χ1) is 10.2. The molecule has 1 aromatic heterocycles. The third-order valence-corrected chi connectivity index (χ3v) is 3.82. The summed E-state index contributed by atoms with van der Waals surface area (Å²) in [6, 6.07) is 15.4. The van der Waals surface area contributed by atoms with E-state index in [2.05, 4.69) is 0 Å². The third kappa shape index (κ3) is 1.80. The van der Waals surface area contributed by atoms with Gasteiger partial charge in [0.15, 0.2) is 11.5 Å². The summed E-state index contributed by atoms with van der Waals surface area (Å²) < 4.78 is 12.4. The van der Waals surface area contributed by atoms with Crippen LogP contribution in [0.5, 0.6) is 11.5 Å². The maximum Gasteiger partial charge on any atom is 0.258 e. The predicted molar refractivity (Wildman–Crippen MR) is 80.7 cm³/mol. The van der Waals surface area contributed by atoms with Gasteiger partial charge in [0.2, 0.25) is 6.79 Å². The molecule has 4 nitrogen and oxygen atoms in total. The standard InChI is InChI=1S/C17H13NO3/c1-18-14(8-11-4-2-3-5-13(11)17(18)19)12-6-7-15-16(9-12)21-10-20-15/h2-9H,10H2,1H3. The quantitative estimate of drug-likeness (QED) is 0.687. The summed E-state index contributed by atoms with van der Waals surface area (Å²) in [7, 11) is 1.79. The Bertz CT molecular complexity index is 912. The van der Waals surface area contributed by atoms with E-state index in [-0.39, 0.29) is 12.4 Å². The Labute approximate surface area is 121 Å². The summed E-state index contributed by atoms with van der Waals surface area (Å²) in [4.78, 5) is 12.5. The molecular weight excluding hydrogens is 266 g/mol. The van der Waals surface area contributed by atoms with Crippen molar-refractivity contribution in [3.63, 3.8) is 0 Å². The molecule has 0 atom stereocenters. The summed E-state index contributed by atoms with van der Waals surface area (Å²) in [5.41, 5.74) is 1.79. The Balaban J connectivity index is 1.98. The second-order valence-electron chi connectivity index (χ2n) is 5.05. The molecule has 0 spiro atoms. The molecule has 0 unspecified atom stereocenters. The SMILES string of the molecule is Cn1c(-c2ccc3c(c2)OCO3)cc2ccccc2c1=O. The molecule has 2 heterocycles. The van der Waals surface area contributed by atoms with Crippen molar-refractivity contribution >= 4 is 10.8 Å².